The molecule has 1 N–H and O–H groups in total. The molecule has 1 aliphatic heterocycles. The molecule has 2 aliphatic carbocycles. The van der Waals surface area contributed by atoms with E-state index >= 15 is 0 Å². The highest BCUT2D eigenvalue weighted by molar-refractivity contribution is 8.03. The molecule has 6 heteroatoms. The molecular formula is C25H27ClN2O2S. The Morgan fingerprint density at radius 3 is 2.48 bits per heavy atom. The average molecular weight is 455 g/mol. The van der Waals surface area contributed by atoms with Gasteiger partial charge in [0.1, 0.15) is 0 Å². The molecule has 0 bridgehead atoms. The summed E-state index contributed by atoms with van der Waals surface area (Å²) in [5, 5.41) is 15.0. The van der Waals surface area contributed by atoms with Gasteiger partial charge in [-0.2, -0.15) is 5.26 Å². The first-order chi connectivity index (χ1) is 14.8. The monoisotopic (exact) mass is 454 g/mol. The Balaban J connectivity index is 1.67. The molecule has 31 heavy (non-hydrogen) atoms. The van der Waals surface area contributed by atoms with E-state index in [0.29, 0.717) is 22.6 Å². The zero-order valence-corrected chi connectivity index (χ0v) is 19.6. The number of rotatable bonds is 4. The molecule has 1 aromatic carbocycles. The number of nitrogens with one attached hydrogen (secondary N) is 1. The summed E-state index contributed by atoms with van der Waals surface area (Å²) in [6, 6.07) is 9.32. The number of ketones is 2. The van der Waals surface area contributed by atoms with Gasteiger partial charge in [0.2, 0.25) is 0 Å². The van der Waals surface area contributed by atoms with Crippen molar-refractivity contribution in [1.29, 1.82) is 5.26 Å². The number of nitrogens with zero attached hydrogens (tertiary/aromatic N) is 1. The quantitative estimate of drug-likeness (QED) is 0.549. The predicted octanol–water partition coefficient (Wildman–Crippen LogP) is 6.19. The molecular weight excluding hydrogens is 428 g/mol. The van der Waals surface area contributed by atoms with Crippen LogP contribution in [-0.2, 0) is 4.79 Å². The number of carbonyl (C=O) groups excluding carboxylic acids is 2. The zero-order chi connectivity index (χ0) is 22.2. The first-order valence-corrected chi connectivity index (χ1v) is 12.2. The van der Waals surface area contributed by atoms with Crippen molar-refractivity contribution >= 4 is 34.9 Å². The van der Waals surface area contributed by atoms with Crippen molar-refractivity contribution in [2.24, 2.45) is 10.8 Å². The highest BCUT2D eigenvalue weighted by Gasteiger charge is 2.50. The predicted molar refractivity (Wildman–Crippen MR) is 125 cm³/mol. The van der Waals surface area contributed by atoms with E-state index in [1.165, 1.54) is 11.8 Å². The summed E-state index contributed by atoms with van der Waals surface area (Å²) in [6.07, 6.45) is 6.12. The van der Waals surface area contributed by atoms with Crippen molar-refractivity contribution in [1.82, 2.24) is 5.32 Å². The molecule has 0 saturated heterocycles. The standard InChI is InChI=1S/C25H27ClN2O2S/c1-24(2)12-19-22(20(29)13-24)25(10-4-3-5-11-25)18(14-27)23(28-19)31-15-21(30)16-6-8-17(26)9-7-16/h6-9,28H,3-5,10-13,15H2,1-2H3. The fourth-order valence-corrected chi connectivity index (χ4v) is 6.45. The van der Waals surface area contributed by atoms with E-state index in [-0.39, 0.29) is 22.7 Å². The molecule has 0 unspecified atom stereocenters. The number of benzene rings is 1. The molecule has 0 amide bonds. The molecule has 0 atom stereocenters. The van der Waals surface area contributed by atoms with Gasteiger partial charge in [-0.05, 0) is 48.9 Å². The van der Waals surface area contributed by atoms with Crippen LogP contribution in [-0.4, -0.2) is 17.3 Å². The van der Waals surface area contributed by atoms with Crippen molar-refractivity contribution < 1.29 is 9.59 Å². The highest BCUT2D eigenvalue weighted by atomic mass is 35.5. The summed E-state index contributed by atoms with van der Waals surface area (Å²) in [4.78, 5) is 26.0. The zero-order valence-electron chi connectivity index (χ0n) is 18.0. The number of nitriles is 1. The number of fused-ring (bicyclic) bond motifs is 1. The van der Waals surface area contributed by atoms with Gasteiger partial charge in [0.15, 0.2) is 11.6 Å². The van der Waals surface area contributed by atoms with E-state index in [4.69, 9.17) is 11.6 Å². The fourth-order valence-electron chi connectivity index (χ4n) is 5.30. The molecule has 0 radical (unpaired) electrons. The number of allylic oxidation sites excluding steroid dienone is 3. The molecule has 1 heterocycles. The third-order valence-corrected chi connectivity index (χ3v) is 7.91. The molecule has 1 aromatic rings. The van der Waals surface area contributed by atoms with Gasteiger partial charge in [0.05, 0.1) is 22.4 Å². The van der Waals surface area contributed by atoms with Crippen LogP contribution in [0.25, 0.3) is 0 Å². The molecule has 0 aromatic heterocycles. The van der Waals surface area contributed by atoms with Crippen LogP contribution in [0.5, 0.6) is 0 Å². The first kappa shape index (κ1) is 22.2. The second kappa shape index (κ2) is 8.48. The highest BCUT2D eigenvalue weighted by Crippen LogP contribution is 2.56. The number of hydrogen-bond donors (Lipinski definition) is 1. The minimum absolute atomic E-state index is 0.00854. The van der Waals surface area contributed by atoms with Gasteiger partial charge in [0, 0.05) is 33.7 Å². The first-order valence-electron chi connectivity index (χ1n) is 10.9. The van der Waals surface area contributed by atoms with E-state index in [9.17, 15) is 14.9 Å². The number of carbonyl (C=O) groups is 2. The van der Waals surface area contributed by atoms with Gasteiger partial charge >= 0.3 is 0 Å². The molecule has 1 spiro atoms. The Morgan fingerprint density at radius 1 is 1.16 bits per heavy atom. The second-order valence-electron chi connectivity index (χ2n) is 9.60. The van der Waals surface area contributed by atoms with E-state index in [1.807, 2.05) is 0 Å². The van der Waals surface area contributed by atoms with Crippen LogP contribution >= 0.6 is 23.4 Å². The maximum absolute atomic E-state index is 13.3. The average Bonchev–Trinajstić information content (AvgIpc) is 2.71. The van der Waals surface area contributed by atoms with Gasteiger partial charge in [0.25, 0.3) is 0 Å². The molecule has 162 valence electrons. The summed E-state index contributed by atoms with van der Waals surface area (Å²) in [6.45, 7) is 4.23. The van der Waals surface area contributed by atoms with Crippen LogP contribution < -0.4 is 5.32 Å². The minimum Gasteiger partial charge on any atom is -0.352 e. The Bertz CT molecular complexity index is 1020. The summed E-state index contributed by atoms with van der Waals surface area (Å²) in [5.41, 5.74) is 2.45. The van der Waals surface area contributed by atoms with E-state index in [1.54, 1.807) is 24.3 Å². The van der Waals surface area contributed by atoms with Gasteiger partial charge in [-0.1, -0.05) is 56.5 Å². The van der Waals surface area contributed by atoms with Crippen molar-refractivity contribution in [2.45, 2.75) is 58.8 Å². The van der Waals surface area contributed by atoms with Crippen LogP contribution in [0.4, 0.5) is 0 Å². The maximum atomic E-state index is 13.3. The number of hydrogen-bond acceptors (Lipinski definition) is 5. The number of halogens is 1. The molecule has 1 saturated carbocycles. The van der Waals surface area contributed by atoms with Crippen LogP contribution in [0.2, 0.25) is 5.02 Å². The Labute approximate surface area is 193 Å². The van der Waals surface area contributed by atoms with Crippen molar-refractivity contribution in [3.05, 3.63) is 56.7 Å². The van der Waals surface area contributed by atoms with Crippen molar-refractivity contribution in [3.63, 3.8) is 0 Å². The minimum atomic E-state index is -0.493. The third kappa shape index (κ3) is 4.21. The molecule has 3 aliphatic rings. The third-order valence-electron chi connectivity index (χ3n) is 6.66. The van der Waals surface area contributed by atoms with Crippen molar-refractivity contribution in [2.75, 3.05) is 5.75 Å². The SMILES string of the molecule is CC1(C)CC(=O)C2=C(C1)NC(SCC(=O)c1ccc(Cl)cc1)=C(C#N)C21CCCCC1. The number of thioether (sulfide) groups is 1. The van der Waals surface area contributed by atoms with Gasteiger partial charge in [-0.25, -0.2) is 0 Å². The summed E-state index contributed by atoms with van der Waals surface area (Å²) in [7, 11) is 0. The summed E-state index contributed by atoms with van der Waals surface area (Å²) in [5.74, 6) is 0.394. The topological polar surface area (TPSA) is 70.0 Å². The summed E-state index contributed by atoms with van der Waals surface area (Å²) >= 11 is 7.31. The van der Waals surface area contributed by atoms with E-state index in [2.05, 4.69) is 25.2 Å². The van der Waals surface area contributed by atoms with Crippen molar-refractivity contribution in [3.8, 4) is 6.07 Å². The van der Waals surface area contributed by atoms with Gasteiger partial charge in [-0.3, -0.25) is 9.59 Å². The summed E-state index contributed by atoms with van der Waals surface area (Å²) < 4.78 is 0. The Hall–Kier alpha value is -2.03. The van der Waals surface area contributed by atoms with E-state index < -0.39 is 5.41 Å². The number of dihydropyridines is 1. The van der Waals surface area contributed by atoms with Crippen LogP contribution in [0.3, 0.4) is 0 Å². The van der Waals surface area contributed by atoms with E-state index in [0.717, 1.165) is 54.8 Å². The lowest BCUT2D eigenvalue weighted by atomic mass is 9.58. The lowest BCUT2D eigenvalue weighted by Crippen LogP contribution is -2.44. The van der Waals surface area contributed by atoms with Gasteiger partial charge < -0.3 is 5.32 Å². The van der Waals surface area contributed by atoms with Crippen LogP contribution in [0, 0.1) is 22.2 Å². The van der Waals surface area contributed by atoms with Crippen LogP contribution in [0.1, 0.15) is 69.2 Å². The molecule has 1 fully saturated rings. The fraction of sp³-hybridized carbons (Fsp3) is 0.480. The smallest absolute Gasteiger partial charge is 0.173 e. The maximum Gasteiger partial charge on any atom is 0.173 e. The lowest BCUT2D eigenvalue weighted by Gasteiger charge is -2.47. The lowest BCUT2D eigenvalue weighted by molar-refractivity contribution is -0.119. The number of Topliss-reactive ketones (excluding diaryl/α,β-unsaturated/α-hetero) is 2. The second-order valence-corrected chi connectivity index (χ2v) is 11.0. The normalized spacial score (nSPS) is 22.1. The Kier molecular flexibility index (Phi) is 6.07. The van der Waals surface area contributed by atoms with Crippen LogP contribution in [0.15, 0.2) is 46.1 Å². The van der Waals surface area contributed by atoms with Gasteiger partial charge in [-0.15, -0.1) is 0 Å². The largest absolute Gasteiger partial charge is 0.352 e. The molecule has 4 nitrogen and oxygen atoms in total. The Morgan fingerprint density at radius 2 is 1.84 bits per heavy atom. The molecule has 4 rings (SSSR count).